The van der Waals surface area contributed by atoms with E-state index < -0.39 is 23.0 Å². The molecule has 0 aliphatic heterocycles. The summed E-state index contributed by atoms with van der Waals surface area (Å²) in [4.78, 5) is 55.0. The maximum absolute atomic E-state index is 13.6. The first kappa shape index (κ1) is 35.1. The lowest BCUT2D eigenvalue weighted by Crippen LogP contribution is -2.30. The monoisotopic (exact) mass is 745 g/mol. The van der Waals surface area contributed by atoms with E-state index in [1.807, 2.05) is 43.3 Å². The highest BCUT2D eigenvalue weighted by Crippen LogP contribution is 2.39. The molecule has 1 atom stereocenters. The van der Waals surface area contributed by atoms with Crippen LogP contribution < -0.4 is 16.0 Å². The molecule has 11 heteroatoms. The van der Waals surface area contributed by atoms with Crippen molar-refractivity contribution >= 4 is 79.5 Å². The van der Waals surface area contributed by atoms with Crippen molar-refractivity contribution in [3.8, 4) is 0 Å². The van der Waals surface area contributed by atoms with Gasteiger partial charge in [-0.15, -0.1) is 23.1 Å². The van der Waals surface area contributed by atoms with Crippen LogP contribution in [-0.2, 0) is 27.2 Å². The number of fused-ring (bicyclic) bond motifs is 1. The van der Waals surface area contributed by atoms with Gasteiger partial charge in [-0.2, -0.15) is 0 Å². The topological polar surface area (TPSA) is 114 Å². The zero-order valence-electron chi connectivity index (χ0n) is 26.6. The van der Waals surface area contributed by atoms with E-state index in [1.165, 1.54) is 23.1 Å². The second kappa shape index (κ2) is 16.8. The molecule has 0 radical (unpaired) electrons. The zero-order chi connectivity index (χ0) is 34.0. The van der Waals surface area contributed by atoms with Crippen LogP contribution in [-0.4, -0.2) is 35.5 Å². The summed E-state index contributed by atoms with van der Waals surface area (Å²) < 4.78 is 6.18. The number of nitrogens with one attached hydrogen (secondary N) is 3. The highest BCUT2D eigenvalue weighted by atomic mass is 79.9. The molecular formula is C37H36BrN3O5S2. The fourth-order valence-corrected chi connectivity index (χ4v) is 8.01. The molecule has 8 nitrogen and oxygen atoms in total. The number of hydrogen-bond donors (Lipinski definition) is 3. The van der Waals surface area contributed by atoms with Gasteiger partial charge in [-0.3, -0.25) is 14.4 Å². The van der Waals surface area contributed by atoms with Crippen LogP contribution in [0.1, 0.15) is 69.8 Å². The summed E-state index contributed by atoms with van der Waals surface area (Å²) in [7, 11) is 0. The molecular weight excluding hydrogens is 710 g/mol. The Morgan fingerprint density at radius 3 is 2.46 bits per heavy atom. The lowest BCUT2D eigenvalue weighted by molar-refractivity contribution is -0.116. The van der Waals surface area contributed by atoms with E-state index in [-0.39, 0.29) is 18.2 Å². The summed E-state index contributed by atoms with van der Waals surface area (Å²) in [5, 5.41) is 8.78. The van der Waals surface area contributed by atoms with Gasteiger partial charge in [0.1, 0.15) is 10.7 Å². The van der Waals surface area contributed by atoms with Gasteiger partial charge in [0.25, 0.3) is 11.8 Å². The van der Waals surface area contributed by atoms with Crippen molar-refractivity contribution in [3.05, 3.63) is 116 Å². The molecule has 0 saturated heterocycles. The van der Waals surface area contributed by atoms with E-state index >= 15 is 0 Å². The average Bonchev–Trinajstić information content (AvgIpc) is 3.45. The number of aryl methyl sites for hydroxylation is 1. The SMILES string of the molecule is CCOC(=O)c1c(NC(=O)C(CC)Sc2cccc(NC(=O)/C(=C\c3cccc(Br)c3)NC(=O)c3ccccc3)c2)sc2c1CCCC2. The number of halogens is 1. The molecule has 0 saturated carbocycles. The van der Waals surface area contributed by atoms with Crippen LogP contribution in [0.25, 0.3) is 6.08 Å². The van der Waals surface area contributed by atoms with Gasteiger partial charge in [-0.05, 0) is 98.7 Å². The van der Waals surface area contributed by atoms with Gasteiger partial charge >= 0.3 is 5.97 Å². The van der Waals surface area contributed by atoms with Crippen molar-refractivity contribution in [2.45, 2.75) is 56.1 Å². The predicted molar refractivity (Wildman–Crippen MR) is 197 cm³/mol. The molecule has 3 aromatic carbocycles. The van der Waals surface area contributed by atoms with E-state index in [2.05, 4.69) is 31.9 Å². The second-order valence-electron chi connectivity index (χ2n) is 11.1. The number of ether oxygens (including phenoxy) is 1. The minimum Gasteiger partial charge on any atom is -0.462 e. The fourth-order valence-electron chi connectivity index (χ4n) is 5.30. The van der Waals surface area contributed by atoms with Crippen LogP contribution in [0, 0.1) is 0 Å². The molecule has 1 aromatic heterocycles. The van der Waals surface area contributed by atoms with E-state index in [9.17, 15) is 19.2 Å². The quantitative estimate of drug-likeness (QED) is 0.0762. The largest absolute Gasteiger partial charge is 0.462 e. The molecule has 5 rings (SSSR count). The fraction of sp³-hybridized carbons (Fsp3) is 0.243. The van der Waals surface area contributed by atoms with Gasteiger partial charge in [-0.1, -0.05) is 59.3 Å². The Balaban J connectivity index is 1.31. The summed E-state index contributed by atoms with van der Waals surface area (Å²) in [6.45, 7) is 3.97. The molecule has 1 aliphatic carbocycles. The smallest absolute Gasteiger partial charge is 0.341 e. The summed E-state index contributed by atoms with van der Waals surface area (Å²) in [6.07, 6.45) is 5.91. The number of amides is 3. The van der Waals surface area contributed by atoms with E-state index in [0.717, 1.165) is 51.1 Å². The Morgan fingerprint density at radius 1 is 0.938 bits per heavy atom. The molecule has 248 valence electrons. The third kappa shape index (κ3) is 9.03. The standard InChI is InChI=1S/C37H36BrN3O5S2/c1-3-30(35(44)41-36-32(37(45)46-4-2)28-18-8-9-19-31(28)48-36)47-27-17-11-16-26(22-27)39-34(43)29(21-23-12-10-15-25(38)20-23)40-33(42)24-13-6-5-7-14-24/h5-7,10-17,20-22,30H,3-4,8-9,18-19H2,1-2H3,(H,39,43)(H,40,42)(H,41,44)/b29-21+. The summed E-state index contributed by atoms with van der Waals surface area (Å²) >= 11 is 6.29. The summed E-state index contributed by atoms with van der Waals surface area (Å²) in [6, 6.07) is 23.3. The Morgan fingerprint density at radius 2 is 1.71 bits per heavy atom. The molecule has 1 heterocycles. The minimum atomic E-state index is -0.501. The number of benzene rings is 3. The third-order valence-electron chi connectivity index (χ3n) is 7.61. The van der Waals surface area contributed by atoms with Gasteiger partial charge in [-0.25, -0.2) is 4.79 Å². The van der Waals surface area contributed by atoms with Gasteiger partial charge < -0.3 is 20.7 Å². The van der Waals surface area contributed by atoms with Crippen LogP contribution in [0.4, 0.5) is 10.7 Å². The molecule has 3 N–H and O–H groups in total. The van der Waals surface area contributed by atoms with Crippen LogP contribution in [0.2, 0.25) is 0 Å². The molecule has 4 aromatic rings. The van der Waals surface area contributed by atoms with Gasteiger partial charge in [0.2, 0.25) is 5.91 Å². The lowest BCUT2D eigenvalue weighted by atomic mass is 9.95. The number of esters is 1. The van der Waals surface area contributed by atoms with Crippen molar-refractivity contribution in [2.75, 3.05) is 17.2 Å². The molecule has 0 spiro atoms. The first-order valence-corrected chi connectivity index (χ1v) is 18.3. The molecule has 48 heavy (non-hydrogen) atoms. The maximum Gasteiger partial charge on any atom is 0.341 e. The Bertz CT molecular complexity index is 1840. The number of thioether (sulfide) groups is 1. The van der Waals surface area contributed by atoms with E-state index in [4.69, 9.17) is 4.74 Å². The van der Waals surface area contributed by atoms with Crippen LogP contribution in [0.5, 0.6) is 0 Å². The Labute approximate surface area is 296 Å². The number of carbonyl (C=O) groups excluding carboxylic acids is 4. The van der Waals surface area contributed by atoms with Crippen molar-refractivity contribution in [3.63, 3.8) is 0 Å². The van der Waals surface area contributed by atoms with Crippen LogP contribution in [0.3, 0.4) is 0 Å². The second-order valence-corrected chi connectivity index (χ2v) is 14.4. The number of hydrogen-bond acceptors (Lipinski definition) is 7. The van der Waals surface area contributed by atoms with E-state index in [1.54, 1.807) is 55.5 Å². The van der Waals surface area contributed by atoms with Crippen molar-refractivity contribution in [1.82, 2.24) is 5.32 Å². The third-order valence-corrected chi connectivity index (χ3v) is 10.7. The average molecular weight is 747 g/mol. The van der Waals surface area contributed by atoms with Crippen LogP contribution in [0.15, 0.2) is 93.9 Å². The molecule has 1 aliphatic rings. The van der Waals surface area contributed by atoms with Crippen molar-refractivity contribution in [2.24, 2.45) is 0 Å². The Hall–Kier alpha value is -4.19. The van der Waals surface area contributed by atoms with Crippen LogP contribution >= 0.6 is 39.0 Å². The van der Waals surface area contributed by atoms with Gasteiger partial charge in [0.15, 0.2) is 0 Å². The lowest BCUT2D eigenvalue weighted by Gasteiger charge is -2.16. The summed E-state index contributed by atoms with van der Waals surface area (Å²) in [5.41, 5.74) is 3.20. The summed E-state index contributed by atoms with van der Waals surface area (Å²) in [5.74, 6) is -1.52. The molecule has 0 fully saturated rings. The first-order valence-electron chi connectivity index (χ1n) is 15.8. The highest BCUT2D eigenvalue weighted by Gasteiger charge is 2.29. The van der Waals surface area contributed by atoms with Crippen molar-refractivity contribution in [1.29, 1.82) is 0 Å². The predicted octanol–water partition coefficient (Wildman–Crippen LogP) is 8.49. The maximum atomic E-state index is 13.6. The first-order chi connectivity index (χ1) is 23.2. The van der Waals surface area contributed by atoms with Gasteiger partial charge in [0.05, 0.1) is 17.4 Å². The highest BCUT2D eigenvalue weighted by molar-refractivity contribution is 9.10. The van der Waals surface area contributed by atoms with Gasteiger partial charge in [0, 0.05) is 25.5 Å². The molecule has 0 bridgehead atoms. The minimum absolute atomic E-state index is 0.0712. The normalized spacial score (nSPS) is 13.2. The number of thiophene rings is 1. The Kier molecular flexibility index (Phi) is 12.3. The number of rotatable bonds is 12. The zero-order valence-corrected chi connectivity index (χ0v) is 29.9. The van der Waals surface area contributed by atoms with E-state index in [0.29, 0.717) is 28.2 Å². The number of anilines is 2. The van der Waals surface area contributed by atoms with Crippen molar-refractivity contribution < 1.29 is 23.9 Å². The molecule has 1 unspecified atom stereocenters. The molecule has 3 amide bonds. The number of carbonyl (C=O) groups is 4.